The van der Waals surface area contributed by atoms with Crippen LogP contribution in [0.4, 0.5) is 11.5 Å². The highest BCUT2D eigenvalue weighted by atomic mass is 16.5. The first-order valence-electron chi connectivity index (χ1n) is 7.37. The fraction of sp³-hybridized carbons (Fsp3) is 0.600. The molecule has 21 heavy (non-hydrogen) atoms. The van der Waals surface area contributed by atoms with Gasteiger partial charge in [-0.25, -0.2) is 9.78 Å². The zero-order valence-corrected chi connectivity index (χ0v) is 12.7. The number of esters is 1. The molecule has 0 spiro atoms. The van der Waals surface area contributed by atoms with Gasteiger partial charge in [-0.3, -0.25) is 0 Å². The fourth-order valence-corrected chi connectivity index (χ4v) is 2.50. The number of anilines is 2. The van der Waals surface area contributed by atoms with Crippen LogP contribution in [-0.4, -0.2) is 43.9 Å². The minimum atomic E-state index is -0.416. The monoisotopic (exact) mass is 293 g/mol. The average Bonchev–Trinajstić information content (AvgIpc) is 2.48. The first-order valence-corrected chi connectivity index (χ1v) is 7.37. The normalized spacial score (nSPS) is 18.3. The maximum atomic E-state index is 11.9. The highest BCUT2D eigenvalue weighted by molar-refractivity contribution is 5.97. The summed E-state index contributed by atoms with van der Waals surface area (Å²) in [5.41, 5.74) is 6.79. The summed E-state index contributed by atoms with van der Waals surface area (Å²) in [5.74, 6) is 0.177. The van der Waals surface area contributed by atoms with E-state index in [1.807, 2.05) is 11.9 Å². The lowest BCUT2D eigenvalue weighted by molar-refractivity contribution is 0.0215. The molecule has 6 heteroatoms. The maximum Gasteiger partial charge on any atom is 0.340 e. The molecule has 0 aromatic carbocycles. The molecule has 6 nitrogen and oxygen atoms in total. The molecular formula is C15H23N3O3. The van der Waals surface area contributed by atoms with Gasteiger partial charge in [0.25, 0.3) is 0 Å². The third-order valence-electron chi connectivity index (χ3n) is 3.58. The molecule has 1 fully saturated rings. The summed E-state index contributed by atoms with van der Waals surface area (Å²) in [4.78, 5) is 18.1. The van der Waals surface area contributed by atoms with Crippen LogP contribution in [0.2, 0.25) is 0 Å². The number of nitrogens with two attached hydrogens (primary N) is 1. The van der Waals surface area contributed by atoms with Crippen molar-refractivity contribution in [3.05, 3.63) is 17.8 Å². The van der Waals surface area contributed by atoms with Gasteiger partial charge in [-0.15, -0.1) is 0 Å². The zero-order chi connectivity index (χ0) is 15.2. The molecule has 2 N–H and O–H groups in total. The van der Waals surface area contributed by atoms with Gasteiger partial charge >= 0.3 is 5.97 Å². The Balaban J connectivity index is 2.11. The van der Waals surface area contributed by atoms with Crippen molar-refractivity contribution in [2.24, 2.45) is 0 Å². The summed E-state index contributed by atoms with van der Waals surface area (Å²) >= 11 is 0. The smallest absolute Gasteiger partial charge is 0.340 e. The highest BCUT2D eigenvalue weighted by Gasteiger charge is 2.20. The molecule has 1 atom stereocenters. The van der Waals surface area contributed by atoms with Crippen LogP contribution in [0.25, 0.3) is 0 Å². The summed E-state index contributed by atoms with van der Waals surface area (Å²) in [6, 6.07) is 1.59. The van der Waals surface area contributed by atoms with Gasteiger partial charge in [-0.2, -0.15) is 0 Å². The third kappa shape index (κ3) is 3.85. The Morgan fingerprint density at radius 1 is 1.57 bits per heavy atom. The van der Waals surface area contributed by atoms with Gasteiger partial charge < -0.3 is 20.1 Å². The van der Waals surface area contributed by atoms with E-state index in [2.05, 4.69) is 4.98 Å². The first-order chi connectivity index (χ1) is 10.1. The second-order valence-electron chi connectivity index (χ2n) is 5.19. The van der Waals surface area contributed by atoms with E-state index in [-0.39, 0.29) is 6.10 Å². The molecule has 1 aliphatic heterocycles. The summed E-state index contributed by atoms with van der Waals surface area (Å²) < 4.78 is 10.7. The number of aromatic nitrogens is 1. The molecule has 1 saturated heterocycles. The predicted octanol–water partition coefficient (Wildman–Crippen LogP) is 1.85. The Hall–Kier alpha value is -1.82. The third-order valence-corrected chi connectivity index (χ3v) is 3.58. The first kappa shape index (κ1) is 15.6. The number of likely N-dealkylation sites (N-methyl/N-ethyl adjacent to an activating group) is 1. The van der Waals surface area contributed by atoms with Crippen molar-refractivity contribution in [3.8, 4) is 0 Å². The van der Waals surface area contributed by atoms with Gasteiger partial charge in [-0.05, 0) is 32.3 Å². The lowest BCUT2D eigenvalue weighted by atomic mass is 10.1. The summed E-state index contributed by atoms with van der Waals surface area (Å²) in [5, 5.41) is 0. The van der Waals surface area contributed by atoms with Gasteiger partial charge in [0, 0.05) is 26.4 Å². The lowest BCUT2D eigenvalue weighted by Gasteiger charge is -2.28. The predicted molar refractivity (Wildman–Crippen MR) is 81.5 cm³/mol. The Morgan fingerprint density at radius 3 is 3.05 bits per heavy atom. The van der Waals surface area contributed by atoms with Gasteiger partial charge in [0.05, 0.1) is 24.0 Å². The fourth-order valence-electron chi connectivity index (χ4n) is 2.50. The van der Waals surface area contributed by atoms with Gasteiger partial charge in [-0.1, -0.05) is 0 Å². The Kier molecular flexibility index (Phi) is 5.38. The van der Waals surface area contributed by atoms with Crippen molar-refractivity contribution >= 4 is 17.5 Å². The van der Waals surface area contributed by atoms with E-state index in [0.717, 1.165) is 19.4 Å². The zero-order valence-electron chi connectivity index (χ0n) is 12.7. The van der Waals surface area contributed by atoms with Crippen molar-refractivity contribution in [2.45, 2.75) is 32.3 Å². The number of carbonyl (C=O) groups excluding carboxylic acids is 1. The van der Waals surface area contributed by atoms with E-state index < -0.39 is 5.97 Å². The molecule has 0 saturated carbocycles. The summed E-state index contributed by atoms with van der Waals surface area (Å²) in [6.07, 6.45) is 5.12. The van der Waals surface area contributed by atoms with Crippen molar-refractivity contribution in [1.82, 2.24) is 4.98 Å². The quantitative estimate of drug-likeness (QED) is 0.835. The van der Waals surface area contributed by atoms with Crippen LogP contribution < -0.4 is 10.6 Å². The molecule has 1 aromatic rings. The summed E-state index contributed by atoms with van der Waals surface area (Å²) in [7, 11) is 1.91. The number of pyridine rings is 1. The summed E-state index contributed by atoms with van der Waals surface area (Å²) in [6.45, 7) is 3.61. The van der Waals surface area contributed by atoms with E-state index in [1.165, 1.54) is 6.42 Å². The standard InChI is InChI=1S/C15H23N3O3/c1-3-20-15(19)12-7-8-17-14(13(12)16)18(2)10-11-6-4-5-9-21-11/h7-8,11H,3-6,9-10,16H2,1-2H3. The van der Waals surface area contributed by atoms with E-state index >= 15 is 0 Å². The van der Waals surface area contributed by atoms with E-state index in [0.29, 0.717) is 30.2 Å². The van der Waals surface area contributed by atoms with Crippen LogP contribution in [0.15, 0.2) is 12.3 Å². The van der Waals surface area contributed by atoms with Crippen molar-refractivity contribution in [1.29, 1.82) is 0 Å². The van der Waals surface area contributed by atoms with Crippen LogP contribution >= 0.6 is 0 Å². The second kappa shape index (κ2) is 7.26. The Bertz CT molecular complexity index is 487. The van der Waals surface area contributed by atoms with Crippen LogP contribution in [0.1, 0.15) is 36.5 Å². The molecule has 2 rings (SSSR count). The number of hydrogen-bond donors (Lipinski definition) is 1. The topological polar surface area (TPSA) is 77.7 Å². The molecular weight excluding hydrogens is 270 g/mol. The highest BCUT2D eigenvalue weighted by Crippen LogP contribution is 2.25. The molecule has 1 aromatic heterocycles. The molecule has 0 bridgehead atoms. The van der Waals surface area contributed by atoms with Crippen molar-refractivity contribution < 1.29 is 14.3 Å². The molecule has 2 heterocycles. The minimum absolute atomic E-state index is 0.191. The molecule has 1 aliphatic rings. The molecule has 1 unspecified atom stereocenters. The molecule has 0 radical (unpaired) electrons. The largest absolute Gasteiger partial charge is 0.462 e. The van der Waals surface area contributed by atoms with Crippen molar-refractivity contribution in [2.75, 3.05) is 37.4 Å². The van der Waals surface area contributed by atoms with Crippen LogP contribution in [0.3, 0.4) is 0 Å². The number of ether oxygens (including phenoxy) is 2. The lowest BCUT2D eigenvalue weighted by Crippen LogP contribution is -2.34. The van der Waals surface area contributed by atoms with E-state index in [1.54, 1.807) is 19.2 Å². The molecule has 116 valence electrons. The van der Waals surface area contributed by atoms with Gasteiger partial charge in [0.1, 0.15) is 0 Å². The number of nitrogen functional groups attached to an aromatic ring is 1. The number of nitrogens with zero attached hydrogens (tertiary/aromatic N) is 2. The van der Waals surface area contributed by atoms with Crippen LogP contribution in [0.5, 0.6) is 0 Å². The van der Waals surface area contributed by atoms with Gasteiger partial charge in [0.15, 0.2) is 5.82 Å². The molecule has 0 aliphatic carbocycles. The second-order valence-corrected chi connectivity index (χ2v) is 5.19. The Labute approximate surface area is 125 Å². The van der Waals surface area contributed by atoms with Crippen LogP contribution in [0, 0.1) is 0 Å². The van der Waals surface area contributed by atoms with Gasteiger partial charge in [0.2, 0.25) is 0 Å². The number of rotatable bonds is 5. The minimum Gasteiger partial charge on any atom is -0.462 e. The van der Waals surface area contributed by atoms with Crippen molar-refractivity contribution in [3.63, 3.8) is 0 Å². The van der Waals surface area contributed by atoms with E-state index in [4.69, 9.17) is 15.2 Å². The van der Waals surface area contributed by atoms with E-state index in [9.17, 15) is 4.79 Å². The number of hydrogen-bond acceptors (Lipinski definition) is 6. The maximum absolute atomic E-state index is 11.9. The molecule has 0 amide bonds. The Morgan fingerprint density at radius 2 is 2.38 bits per heavy atom. The average molecular weight is 293 g/mol. The van der Waals surface area contributed by atoms with Crippen LogP contribution in [-0.2, 0) is 9.47 Å². The SMILES string of the molecule is CCOC(=O)c1ccnc(N(C)CC2CCCCO2)c1N. The number of carbonyl (C=O) groups is 1.